The zero-order chi connectivity index (χ0) is 9.23. The van der Waals surface area contributed by atoms with Gasteiger partial charge in [-0.2, -0.15) is 0 Å². The fourth-order valence-electron chi connectivity index (χ4n) is 0.909. The molecule has 12 heavy (non-hydrogen) atoms. The Balaban J connectivity index is 2.82. The Labute approximate surface area is 86.4 Å². The number of halogens is 3. The summed E-state index contributed by atoms with van der Waals surface area (Å²) in [7, 11) is 0. The number of hydrogen-bond donors (Lipinski definition) is 1. The molecule has 0 atom stereocenters. The van der Waals surface area contributed by atoms with E-state index >= 15 is 0 Å². The molecular weight excluding hydrogens is 275 g/mol. The molecule has 0 aromatic rings. The highest BCUT2D eigenvalue weighted by Gasteiger charge is 1.99. The first-order valence-corrected chi connectivity index (χ1v) is 5.84. The highest BCUT2D eigenvalue weighted by molar-refractivity contribution is 14.1. The Morgan fingerprint density at radius 1 is 1.08 bits per heavy atom. The summed E-state index contributed by atoms with van der Waals surface area (Å²) in [4.78, 5) is 0. The minimum atomic E-state index is -2.21. The Kier molecular flexibility index (Phi) is 10.1. The highest BCUT2D eigenvalue weighted by Crippen LogP contribution is 2.01. The van der Waals surface area contributed by atoms with E-state index in [1.54, 1.807) is 0 Å². The van der Waals surface area contributed by atoms with Crippen LogP contribution in [0, 0.1) is 0 Å². The van der Waals surface area contributed by atoms with Crippen LogP contribution in [0.25, 0.3) is 0 Å². The molecule has 0 saturated heterocycles. The molecule has 0 heterocycles. The van der Waals surface area contributed by atoms with Gasteiger partial charge in [0.15, 0.2) is 0 Å². The summed E-state index contributed by atoms with van der Waals surface area (Å²) in [6, 6.07) is 0. The molecule has 0 radical (unpaired) electrons. The van der Waals surface area contributed by atoms with Gasteiger partial charge in [0, 0.05) is 0 Å². The number of hydrogen-bond acceptors (Lipinski definition) is 1. The van der Waals surface area contributed by atoms with Crippen molar-refractivity contribution in [2.45, 2.75) is 32.1 Å². The molecule has 0 bridgehead atoms. The molecule has 1 N–H and O–H groups in total. The van der Waals surface area contributed by atoms with E-state index in [1.807, 2.05) is 0 Å². The summed E-state index contributed by atoms with van der Waals surface area (Å²) < 4.78 is 24.4. The lowest BCUT2D eigenvalue weighted by Gasteiger charge is -2.02. The van der Waals surface area contributed by atoms with E-state index in [4.69, 9.17) is 0 Å². The molecular formula is C8H16F2IN. The van der Waals surface area contributed by atoms with Crippen molar-refractivity contribution in [1.82, 2.24) is 5.32 Å². The minimum Gasteiger partial charge on any atom is -0.311 e. The monoisotopic (exact) mass is 291 g/mol. The lowest BCUT2D eigenvalue weighted by Crippen LogP contribution is -2.22. The Bertz CT molecular complexity index is 91.1. The number of rotatable bonds is 8. The summed E-state index contributed by atoms with van der Waals surface area (Å²) >= 11 is 2.35. The van der Waals surface area contributed by atoms with E-state index in [0.29, 0.717) is 0 Å². The van der Waals surface area contributed by atoms with E-state index < -0.39 is 6.43 Å². The smallest absolute Gasteiger partial charge is 0.250 e. The standard InChI is InChI=1S/C8H16F2IN/c9-8(10)7-12-6-4-2-1-3-5-11/h8,12H,1-7H2. The van der Waals surface area contributed by atoms with Crippen molar-refractivity contribution in [3.8, 4) is 0 Å². The molecule has 0 saturated carbocycles. The third-order valence-corrected chi connectivity index (χ3v) is 2.30. The van der Waals surface area contributed by atoms with Crippen LogP contribution < -0.4 is 5.32 Å². The normalized spacial score (nSPS) is 11.0. The maximum absolute atomic E-state index is 11.6. The van der Waals surface area contributed by atoms with Crippen molar-refractivity contribution in [3.63, 3.8) is 0 Å². The SMILES string of the molecule is FC(F)CNCCCCCCI. The van der Waals surface area contributed by atoms with Gasteiger partial charge in [-0.05, 0) is 23.8 Å². The lowest BCUT2D eigenvalue weighted by atomic mass is 10.2. The van der Waals surface area contributed by atoms with Crippen LogP contribution in [0.4, 0.5) is 8.78 Å². The van der Waals surface area contributed by atoms with Crippen LogP contribution in [0.3, 0.4) is 0 Å². The minimum absolute atomic E-state index is 0.160. The third kappa shape index (κ3) is 10.6. The van der Waals surface area contributed by atoms with Crippen molar-refractivity contribution < 1.29 is 8.78 Å². The molecule has 74 valence electrons. The van der Waals surface area contributed by atoms with Crippen molar-refractivity contribution in [3.05, 3.63) is 0 Å². The Hall–Kier alpha value is 0.550. The molecule has 0 aliphatic heterocycles. The zero-order valence-electron chi connectivity index (χ0n) is 7.16. The maximum Gasteiger partial charge on any atom is 0.250 e. The summed E-state index contributed by atoms with van der Waals surface area (Å²) in [5.41, 5.74) is 0. The second-order valence-electron chi connectivity index (χ2n) is 2.70. The van der Waals surface area contributed by atoms with Gasteiger partial charge in [0.25, 0.3) is 6.43 Å². The van der Waals surface area contributed by atoms with Crippen molar-refractivity contribution in [1.29, 1.82) is 0 Å². The van der Waals surface area contributed by atoms with E-state index in [2.05, 4.69) is 27.9 Å². The number of alkyl halides is 3. The van der Waals surface area contributed by atoms with Crippen LogP contribution in [0.5, 0.6) is 0 Å². The van der Waals surface area contributed by atoms with E-state index in [1.165, 1.54) is 17.3 Å². The van der Waals surface area contributed by atoms with Gasteiger partial charge in [0.2, 0.25) is 0 Å². The second kappa shape index (κ2) is 9.64. The molecule has 0 aliphatic carbocycles. The van der Waals surface area contributed by atoms with Gasteiger partial charge in [0.05, 0.1) is 6.54 Å². The fourth-order valence-corrected chi connectivity index (χ4v) is 1.45. The van der Waals surface area contributed by atoms with Crippen LogP contribution in [0.2, 0.25) is 0 Å². The quantitative estimate of drug-likeness (QED) is 0.412. The first kappa shape index (κ1) is 12.6. The van der Waals surface area contributed by atoms with Gasteiger partial charge in [-0.3, -0.25) is 0 Å². The van der Waals surface area contributed by atoms with Crippen LogP contribution in [0.1, 0.15) is 25.7 Å². The fraction of sp³-hybridized carbons (Fsp3) is 1.00. The first-order chi connectivity index (χ1) is 5.77. The third-order valence-electron chi connectivity index (χ3n) is 1.54. The highest BCUT2D eigenvalue weighted by atomic mass is 127. The van der Waals surface area contributed by atoms with Gasteiger partial charge < -0.3 is 5.32 Å². The predicted octanol–water partition coefficient (Wildman–Crippen LogP) is 2.84. The van der Waals surface area contributed by atoms with Gasteiger partial charge in [0.1, 0.15) is 0 Å². The van der Waals surface area contributed by atoms with E-state index in [9.17, 15) is 8.78 Å². The molecule has 0 spiro atoms. The Morgan fingerprint density at radius 2 is 1.75 bits per heavy atom. The molecule has 0 aromatic carbocycles. The Morgan fingerprint density at radius 3 is 2.33 bits per heavy atom. The summed E-state index contributed by atoms with van der Waals surface area (Å²) in [5, 5.41) is 2.71. The molecule has 0 aromatic heterocycles. The molecule has 0 amide bonds. The molecule has 4 heteroatoms. The van der Waals surface area contributed by atoms with Crippen LogP contribution in [-0.2, 0) is 0 Å². The van der Waals surface area contributed by atoms with Gasteiger partial charge in [-0.1, -0.05) is 35.4 Å². The maximum atomic E-state index is 11.6. The van der Waals surface area contributed by atoms with Gasteiger partial charge in [-0.25, -0.2) is 8.78 Å². The number of unbranched alkanes of at least 4 members (excludes halogenated alkanes) is 3. The van der Waals surface area contributed by atoms with Crippen molar-refractivity contribution >= 4 is 22.6 Å². The largest absolute Gasteiger partial charge is 0.311 e. The van der Waals surface area contributed by atoms with E-state index in [0.717, 1.165) is 19.4 Å². The average molecular weight is 291 g/mol. The molecule has 0 fully saturated rings. The molecule has 1 nitrogen and oxygen atoms in total. The van der Waals surface area contributed by atoms with E-state index in [-0.39, 0.29) is 6.54 Å². The topological polar surface area (TPSA) is 12.0 Å². The van der Waals surface area contributed by atoms with Crippen LogP contribution >= 0.6 is 22.6 Å². The predicted molar refractivity (Wildman–Crippen MR) is 56.2 cm³/mol. The van der Waals surface area contributed by atoms with Crippen LogP contribution in [0.15, 0.2) is 0 Å². The zero-order valence-corrected chi connectivity index (χ0v) is 9.32. The van der Waals surface area contributed by atoms with Crippen molar-refractivity contribution in [2.24, 2.45) is 0 Å². The van der Waals surface area contributed by atoms with Crippen LogP contribution in [-0.4, -0.2) is 23.9 Å². The first-order valence-electron chi connectivity index (χ1n) is 4.32. The van der Waals surface area contributed by atoms with Gasteiger partial charge >= 0.3 is 0 Å². The lowest BCUT2D eigenvalue weighted by molar-refractivity contribution is 0.146. The average Bonchev–Trinajstić information content (AvgIpc) is 2.02. The van der Waals surface area contributed by atoms with Crippen molar-refractivity contribution in [2.75, 3.05) is 17.5 Å². The summed E-state index contributed by atoms with van der Waals surface area (Å²) in [6.45, 7) is 0.567. The summed E-state index contributed by atoms with van der Waals surface area (Å²) in [5.74, 6) is 0. The second-order valence-corrected chi connectivity index (χ2v) is 3.78. The number of nitrogens with one attached hydrogen (secondary N) is 1. The summed E-state index contributed by atoms with van der Waals surface area (Å²) in [6.07, 6.45) is 2.43. The molecule has 0 aliphatic rings. The van der Waals surface area contributed by atoms with Gasteiger partial charge in [-0.15, -0.1) is 0 Å². The molecule has 0 rings (SSSR count). The molecule has 0 unspecified atom stereocenters.